The number of ketones is 1. The van der Waals surface area contributed by atoms with E-state index in [2.05, 4.69) is 15.9 Å². The molecule has 0 aromatic heterocycles. The van der Waals surface area contributed by atoms with Crippen LogP contribution in [0.25, 0.3) is 0 Å². The molecule has 2 aromatic carbocycles. The number of hydrogen-bond acceptors (Lipinski definition) is 1. The second-order valence-corrected chi connectivity index (χ2v) is 5.04. The van der Waals surface area contributed by atoms with Crippen molar-refractivity contribution in [2.24, 2.45) is 0 Å². The molecule has 0 unspecified atom stereocenters. The molecule has 0 N–H and O–H groups in total. The van der Waals surface area contributed by atoms with Crippen LogP contribution in [0.15, 0.2) is 46.9 Å². The highest BCUT2D eigenvalue weighted by Gasteiger charge is 2.14. The van der Waals surface area contributed by atoms with Gasteiger partial charge in [0.25, 0.3) is 0 Å². The molecule has 0 fully saturated rings. The smallest absolute Gasteiger partial charge is 0.141 e. The highest BCUT2D eigenvalue weighted by Crippen LogP contribution is 2.18. The van der Waals surface area contributed by atoms with E-state index in [0.29, 0.717) is 0 Å². The number of halogens is 3. The fourth-order valence-electron chi connectivity index (χ4n) is 1.82. The fourth-order valence-corrected chi connectivity index (χ4v) is 2.24. The van der Waals surface area contributed by atoms with Crippen LogP contribution in [0, 0.1) is 11.6 Å². The first kappa shape index (κ1) is 13.9. The topological polar surface area (TPSA) is 17.1 Å². The quantitative estimate of drug-likeness (QED) is 0.828. The lowest BCUT2D eigenvalue weighted by Crippen LogP contribution is -2.10. The normalized spacial score (nSPS) is 10.5. The van der Waals surface area contributed by atoms with Gasteiger partial charge in [-0.25, -0.2) is 8.78 Å². The minimum absolute atomic E-state index is 0.148. The number of benzene rings is 2. The first-order valence-electron chi connectivity index (χ1n) is 5.76. The molecule has 0 radical (unpaired) electrons. The van der Waals surface area contributed by atoms with Crippen molar-refractivity contribution < 1.29 is 13.6 Å². The molecule has 0 atom stereocenters. The Kier molecular flexibility index (Phi) is 4.43. The molecule has 98 valence electrons. The van der Waals surface area contributed by atoms with E-state index in [1.165, 1.54) is 6.07 Å². The van der Waals surface area contributed by atoms with E-state index in [1.54, 1.807) is 6.07 Å². The van der Waals surface area contributed by atoms with Gasteiger partial charge in [0.2, 0.25) is 0 Å². The number of carbonyl (C=O) groups excluding carboxylic acids is 1. The van der Waals surface area contributed by atoms with Gasteiger partial charge in [-0.15, -0.1) is 0 Å². The predicted octanol–water partition coefficient (Wildman–Crippen LogP) is 4.08. The summed E-state index contributed by atoms with van der Waals surface area (Å²) in [6, 6.07) is 10.9. The van der Waals surface area contributed by atoms with Gasteiger partial charge in [0.1, 0.15) is 17.4 Å². The summed E-state index contributed by atoms with van der Waals surface area (Å²) in [4.78, 5) is 11.9. The summed E-state index contributed by atoms with van der Waals surface area (Å²) in [6.45, 7) is 0. The summed E-state index contributed by atoms with van der Waals surface area (Å²) in [5, 5.41) is 0. The summed E-state index contributed by atoms with van der Waals surface area (Å²) >= 11 is 3.34. The van der Waals surface area contributed by atoms with Gasteiger partial charge in [-0.05, 0) is 23.8 Å². The van der Waals surface area contributed by atoms with Crippen molar-refractivity contribution in [3.8, 4) is 0 Å². The summed E-state index contributed by atoms with van der Waals surface area (Å²) in [5.41, 5.74) is 0.642. The van der Waals surface area contributed by atoms with Crippen molar-refractivity contribution in [2.45, 2.75) is 12.8 Å². The number of Topliss-reactive ketones (excluding diaryl/α,β-unsaturated/α-hetero) is 1. The molecule has 0 saturated heterocycles. The molecule has 2 rings (SSSR count). The lowest BCUT2D eigenvalue weighted by Gasteiger charge is -2.06. The van der Waals surface area contributed by atoms with E-state index < -0.39 is 11.6 Å². The van der Waals surface area contributed by atoms with Gasteiger partial charge in [0.15, 0.2) is 0 Å². The van der Waals surface area contributed by atoms with Crippen molar-refractivity contribution in [1.29, 1.82) is 0 Å². The summed E-state index contributed by atoms with van der Waals surface area (Å²) in [5.74, 6) is -1.59. The highest BCUT2D eigenvalue weighted by atomic mass is 79.9. The van der Waals surface area contributed by atoms with Gasteiger partial charge in [0.05, 0.1) is 0 Å². The SMILES string of the molecule is O=C(Cc1ccccc1Br)Cc1c(F)cccc1F. The second kappa shape index (κ2) is 6.06. The van der Waals surface area contributed by atoms with Crippen molar-refractivity contribution in [3.63, 3.8) is 0 Å². The van der Waals surface area contributed by atoms with E-state index >= 15 is 0 Å². The van der Waals surface area contributed by atoms with Crippen LogP contribution >= 0.6 is 15.9 Å². The van der Waals surface area contributed by atoms with Gasteiger partial charge in [0, 0.05) is 22.9 Å². The minimum Gasteiger partial charge on any atom is -0.299 e. The largest absolute Gasteiger partial charge is 0.299 e. The zero-order chi connectivity index (χ0) is 13.8. The Morgan fingerprint density at radius 2 is 1.58 bits per heavy atom. The molecular weight excluding hydrogens is 314 g/mol. The Morgan fingerprint density at radius 3 is 2.21 bits per heavy atom. The molecule has 0 spiro atoms. The second-order valence-electron chi connectivity index (χ2n) is 4.18. The Labute approximate surface area is 118 Å². The minimum atomic E-state index is -0.680. The molecule has 0 heterocycles. The van der Waals surface area contributed by atoms with Crippen LogP contribution in [0.5, 0.6) is 0 Å². The van der Waals surface area contributed by atoms with E-state index in [9.17, 15) is 13.6 Å². The molecule has 0 aliphatic heterocycles. The van der Waals surface area contributed by atoms with E-state index in [1.807, 2.05) is 18.2 Å². The third-order valence-corrected chi connectivity index (χ3v) is 3.55. The summed E-state index contributed by atoms with van der Waals surface area (Å²) < 4.78 is 27.7. The number of rotatable bonds is 4. The van der Waals surface area contributed by atoms with Crippen LogP contribution in [0.1, 0.15) is 11.1 Å². The van der Waals surface area contributed by atoms with E-state index in [-0.39, 0.29) is 24.2 Å². The molecule has 0 saturated carbocycles. The molecule has 0 aliphatic carbocycles. The average Bonchev–Trinajstić information content (AvgIpc) is 2.37. The van der Waals surface area contributed by atoms with Crippen LogP contribution in [0.3, 0.4) is 0 Å². The summed E-state index contributed by atoms with van der Waals surface area (Å²) in [6.07, 6.45) is -0.0883. The zero-order valence-electron chi connectivity index (χ0n) is 10.00. The first-order chi connectivity index (χ1) is 9.08. The average molecular weight is 325 g/mol. The third kappa shape index (κ3) is 3.47. The van der Waals surface area contributed by atoms with Crippen molar-refractivity contribution in [3.05, 3.63) is 69.7 Å². The van der Waals surface area contributed by atoms with Crippen LogP contribution in [-0.2, 0) is 17.6 Å². The number of carbonyl (C=O) groups is 1. The molecule has 0 aliphatic rings. The highest BCUT2D eigenvalue weighted by molar-refractivity contribution is 9.10. The van der Waals surface area contributed by atoms with Crippen LogP contribution in [0.2, 0.25) is 0 Å². The molecule has 2 aromatic rings. The van der Waals surface area contributed by atoms with Crippen LogP contribution in [-0.4, -0.2) is 5.78 Å². The predicted molar refractivity (Wildman–Crippen MR) is 72.9 cm³/mol. The van der Waals surface area contributed by atoms with Crippen LogP contribution < -0.4 is 0 Å². The van der Waals surface area contributed by atoms with Crippen LogP contribution in [0.4, 0.5) is 8.78 Å². The lowest BCUT2D eigenvalue weighted by molar-refractivity contribution is -0.117. The van der Waals surface area contributed by atoms with Gasteiger partial charge >= 0.3 is 0 Å². The molecule has 4 heteroatoms. The van der Waals surface area contributed by atoms with Crippen molar-refractivity contribution in [2.75, 3.05) is 0 Å². The monoisotopic (exact) mass is 324 g/mol. The van der Waals surface area contributed by atoms with Gasteiger partial charge < -0.3 is 0 Å². The molecule has 0 amide bonds. The maximum atomic E-state index is 13.4. The molecular formula is C15H11BrF2O. The molecule has 19 heavy (non-hydrogen) atoms. The number of hydrogen-bond donors (Lipinski definition) is 0. The standard InChI is InChI=1S/C15H11BrF2O/c16-13-5-2-1-4-10(13)8-11(19)9-12-14(17)6-3-7-15(12)18/h1-7H,8-9H2. The Hall–Kier alpha value is -1.55. The Bertz CT molecular complexity index is 591. The van der Waals surface area contributed by atoms with Gasteiger partial charge in [-0.1, -0.05) is 40.2 Å². The van der Waals surface area contributed by atoms with E-state index in [4.69, 9.17) is 0 Å². The summed E-state index contributed by atoms with van der Waals surface area (Å²) in [7, 11) is 0. The Morgan fingerprint density at radius 1 is 0.947 bits per heavy atom. The van der Waals surface area contributed by atoms with Gasteiger partial charge in [-0.2, -0.15) is 0 Å². The zero-order valence-corrected chi connectivity index (χ0v) is 11.6. The van der Waals surface area contributed by atoms with Crippen molar-refractivity contribution in [1.82, 2.24) is 0 Å². The molecule has 0 bridgehead atoms. The van der Waals surface area contributed by atoms with Gasteiger partial charge in [-0.3, -0.25) is 4.79 Å². The Balaban J connectivity index is 2.12. The fraction of sp³-hybridized carbons (Fsp3) is 0.133. The first-order valence-corrected chi connectivity index (χ1v) is 6.55. The maximum Gasteiger partial charge on any atom is 0.141 e. The van der Waals surface area contributed by atoms with E-state index in [0.717, 1.165) is 22.2 Å². The van der Waals surface area contributed by atoms with Crippen molar-refractivity contribution >= 4 is 21.7 Å². The molecule has 1 nitrogen and oxygen atoms in total. The third-order valence-electron chi connectivity index (χ3n) is 2.78. The maximum absolute atomic E-state index is 13.4. The lowest BCUT2D eigenvalue weighted by atomic mass is 10.0.